The number of piperidine rings is 2. The highest BCUT2D eigenvalue weighted by molar-refractivity contribution is 8.00. The van der Waals surface area contributed by atoms with Crippen molar-refractivity contribution in [2.45, 2.75) is 74.2 Å². The molecule has 41 heavy (non-hydrogen) atoms. The van der Waals surface area contributed by atoms with Crippen molar-refractivity contribution in [2.24, 2.45) is 11.8 Å². The molecular weight excluding hydrogens is 536 g/mol. The number of anilines is 3. The van der Waals surface area contributed by atoms with Gasteiger partial charge in [0.2, 0.25) is 0 Å². The molecule has 2 aromatic rings. The monoisotopic (exact) mass is 578 g/mol. The Labute approximate surface area is 247 Å². The van der Waals surface area contributed by atoms with Crippen LogP contribution >= 0.6 is 11.8 Å². The molecule has 0 radical (unpaired) electrons. The van der Waals surface area contributed by atoms with Crippen molar-refractivity contribution in [1.82, 2.24) is 14.8 Å². The minimum atomic E-state index is -0.647. The number of ether oxygens (including phenoxy) is 1. The van der Waals surface area contributed by atoms with Crippen molar-refractivity contribution < 1.29 is 14.3 Å². The summed E-state index contributed by atoms with van der Waals surface area (Å²) in [5.74, 6) is 0.357. The number of hydrogen-bond donors (Lipinski definition) is 3. The summed E-state index contributed by atoms with van der Waals surface area (Å²) >= 11 is 1.93. The quantitative estimate of drug-likeness (QED) is 0.449. The molecule has 4 aliphatic rings. The number of thioether (sulfide) groups is 1. The molecule has 6 rings (SSSR count). The first-order valence-electron chi connectivity index (χ1n) is 14.8. The third kappa shape index (κ3) is 5.66. The third-order valence-corrected chi connectivity index (χ3v) is 10.9. The summed E-state index contributed by atoms with van der Waals surface area (Å²) in [4.78, 5) is 36.5. The van der Waals surface area contributed by atoms with Gasteiger partial charge in [0.25, 0.3) is 0 Å². The van der Waals surface area contributed by atoms with E-state index in [4.69, 9.17) is 10.5 Å². The minimum Gasteiger partial charge on any atom is -0.383 e. The van der Waals surface area contributed by atoms with Crippen LogP contribution in [0.4, 0.5) is 17.2 Å². The lowest BCUT2D eigenvalue weighted by molar-refractivity contribution is -0.146. The number of nitrogens with zero attached hydrogens (tertiary/aromatic N) is 3. The van der Waals surface area contributed by atoms with Gasteiger partial charge in [-0.2, -0.15) is 0 Å². The van der Waals surface area contributed by atoms with E-state index in [0.717, 1.165) is 42.6 Å². The normalized spacial score (nSPS) is 28.0. The molecule has 1 aromatic carbocycles. The zero-order chi connectivity index (χ0) is 28.9. The number of nitrogen functional groups attached to an aromatic ring is 1. The van der Waals surface area contributed by atoms with Crippen molar-refractivity contribution in [2.75, 3.05) is 49.7 Å². The van der Waals surface area contributed by atoms with E-state index in [2.05, 4.69) is 66.5 Å². The van der Waals surface area contributed by atoms with E-state index < -0.39 is 11.8 Å². The van der Waals surface area contributed by atoms with E-state index in [0.29, 0.717) is 48.5 Å². The second kappa shape index (κ2) is 11.1. The van der Waals surface area contributed by atoms with Crippen LogP contribution in [0.3, 0.4) is 0 Å². The number of fused-ring (bicyclic) bond motifs is 1. The van der Waals surface area contributed by atoms with Gasteiger partial charge in [-0.25, -0.2) is 4.98 Å². The predicted molar refractivity (Wildman–Crippen MR) is 163 cm³/mol. The molecule has 9 nitrogen and oxygen atoms in total. The fourth-order valence-electron chi connectivity index (χ4n) is 6.67. The first kappa shape index (κ1) is 28.3. The Balaban J connectivity index is 1.16. The second-order valence-electron chi connectivity index (χ2n) is 13.0. The maximum atomic E-state index is 13.6. The lowest BCUT2D eigenvalue weighted by Gasteiger charge is -2.45. The van der Waals surface area contributed by atoms with Gasteiger partial charge in [-0.05, 0) is 88.7 Å². The highest BCUT2D eigenvalue weighted by Crippen LogP contribution is 2.47. The van der Waals surface area contributed by atoms with Crippen LogP contribution in [-0.4, -0.2) is 70.9 Å². The maximum Gasteiger partial charge on any atom is 0.313 e. The second-order valence-corrected chi connectivity index (χ2v) is 14.2. The van der Waals surface area contributed by atoms with E-state index in [9.17, 15) is 9.59 Å². The molecule has 0 saturated carbocycles. The first-order chi connectivity index (χ1) is 19.6. The first-order valence-corrected chi connectivity index (χ1v) is 15.7. The van der Waals surface area contributed by atoms with Crippen LogP contribution in [-0.2, 0) is 14.3 Å². The van der Waals surface area contributed by atoms with Gasteiger partial charge in [0.15, 0.2) is 0 Å². The molecule has 10 heteroatoms. The topological polar surface area (TPSA) is 113 Å². The zero-order valence-corrected chi connectivity index (χ0v) is 25.3. The minimum absolute atomic E-state index is 0.143. The van der Waals surface area contributed by atoms with Crippen LogP contribution < -0.4 is 16.4 Å². The summed E-state index contributed by atoms with van der Waals surface area (Å²) in [6.45, 7) is 9.64. The lowest BCUT2D eigenvalue weighted by atomic mass is 9.83. The molecule has 220 valence electrons. The van der Waals surface area contributed by atoms with Gasteiger partial charge < -0.3 is 30.9 Å². The number of carbonyl (C=O) groups is 2. The number of aromatic nitrogens is 1. The van der Waals surface area contributed by atoms with E-state index in [1.807, 2.05) is 17.8 Å². The highest BCUT2D eigenvalue weighted by Gasteiger charge is 2.39. The van der Waals surface area contributed by atoms with Gasteiger partial charge >= 0.3 is 11.8 Å². The van der Waals surface area contributed by atoms with Gasteiger partial charge in [-0.1, -0.05) is 24.8 Å². The summed E-state index contributed by atoms with van der Waals surface area (Å²) in [6, 6.07) is 8.20. The summed E-state index contributed by atoms with van der Waals surface area (Å²) < 4.78 is 5.28. The van der Waals surface area contributed by atoms with Crippen LogP contribution in [0.5, 0.6) is 0 Å². The highest BCUT2D eigenvalue weighted by atomic mass is 32.2. The van der Waals surface area contributed by atoms with Crippen LogP contribution in [0, 0.1) is 11.8 Å². The van der Waals surface area contributed by atoms with Crippen molar-refractivity contribution in [1.29, 1.82) is 0 Å². The summed E-state index contributed by atoms with van der Waals surface area (Å²) in [5, 5.41) is 6.95. The Morgan fingerprint density at radius 3 is 2.73 bits per heavy atom. The third-order valence-electron chi connectivity index (χ3n) is 9.56. The van der Waals surface area contributed by atoms with Crippen LogP contribution in [0.25, 0.3) is 0 Å². The molecular formula is C31H42N6O3S. The average molecular weight is 579 g/mol. The summed E-state index contributed by atoms with van der Waals surface area (Å²) in [7, 11) is 2.22. The van der Waals surface area contributed by atoms with Crippen molar-refractivity contribution in [3.8, 4) is 0 Å². The molecule has 1 aromatic heterocycles. The standard InChI is InChI=1S/C31H42N6O3S/c1-18-5-7-25(19-6-8-26-24(11-19)35-29(41-26)20-9-10-36(4)31(2,3)13-20)37(15-18)30(39)28(38)34-22-12-23(21-16-40-17-21)27(32)33-14-22/h6,8,11-12,14,18,20-21,25,29,35H,5,7,9-10,13,15-17H2,1-4H3,(H2,32,33)(H,34,38)/t18-,20?,25+,29?/m0/s1. The molecule has 3 fully saturated rings. The predicted octanol–water partition coefficient (Wildman–Crippen LogP) is 4.68. The molecule has 0 bridgehead atoms. The Morgan fingerprint density at radius 2 is 2.00 bits per heavy atom. The lowest BCUT2D eigenvalue weighted by Crippen LogP contribution is -2.49. The molecule has 4 atom stereocenters. The number of rotatable bonds is 4. The number of hydrogen-bond acceptors (Lipinski definition) is 8. The molecule has 2 unspecified atom stereocenters. The molecule has 2 amide bonds. The van der Waals surface area contributed by atoms with E-state index >= 15 is 0 Å². The average Bonchev–Trinajstić information content (AvgIpc) is 3.34. The molecule has 4 N–H and O–H groups in total. The molecule has 0 spiro atoms. The number of likely N-dealkylation sites (tertiary alicyclic amines) is 2. The number of pyridine rings is 1. The fourth-order valence-corrected chi connectivity index (χ4v) is 7.94. The van der Waals surface area contributed by atoms with Crippen molar-refractivity contribution >= 4 is 40.8 Å². The maximum absolute atomic E-state index is 13.6. The fraction of sp³-hybridized carbons (Fsp3) is 0.581. The Kier molecular flexibility index (Phi) is 7.67. The Hall–Kier alpha value is -2.82. The molecule has 5 heterocycles. The van der Waals surface area contributed by atoms with Gasteiger partial charge in [0.05, 0.1) is 36.5 Å². The van der Waals surface area contributed by atoms with Gasteiger partial charge in [0, 0.05) is 34.1 Å². The van der Waals surface area contributed by atoms with E-state index in [-0.39, 0.29) is 17.5 Å². The van der Waals surface area contributed by atoms with Gasteiger partial charge in [-0.15, -0.1) is 0 Å². The van der Waals surface area contributed by atoms with E-state index in [1.54, 1.807) is 4.90 Å². The van der Waals surface area contributed by atoms with Crippen LogP contribution in [0.2, 0.25) is 0 Å². The number of carbonyl (C=O) groups excluding carboxylic acids is 2. The SMILES string of the molecule is C[C@H]1CC[C@H](c2ccc3c(c2)NC(C2CCN(C)C(C)(C)C2)S3)N(C(=O)C(=O)Nc2cnc(N)c(C3COC3)c2)C1. The van der Waals surface area contributed by atoms with Gasteiger partial charge in [0.1, 0.15) is 5.82 Å². The molecule has 0 aliphatic carbocycles. The summed E-state index contributed by atoms with van der Waals surface area (Å²) in [6.07, 6.45) is 5.69. The molecule has 4 aliphatic heterocycles. The number of benzene rings is 1. The van der Waals surface area contributed by atoms with Crippen molar-refractivity contribution in [3.63, 3.8) is 0 Å². The molecule has 3 saturated heterocycles. The number of amides is 2. The summed E-state index contributed by atoms with van der Waals surface area (Å²) in [5.41, 5.74) is 9.79. The van der Waals surface area contributed by atoms with Crippen LogP contribution in [0.15, 0.2) is 35.4 Å². The van der Waals surface area contributed by atoms with Crippen LogP contribution in [0.1, 0.15) is 69.5 Å². The Morgan fingerprint density at radius 1 is 1.20 bits per heavy atom. The van der Waals surface area contributed by atoms with E-state index in [1.165, 1.54) is 17.5 Å². The number of nitrogens with one attached hydrogen (secondary N) is 2. The number of nitrogens with two attached hydrogens (primary N) is 1. The Bertz CT molecular complexity index is 1330. The zero-order valence-electron chi connectivity index (χ0n) is 24.5. The van der Waals surface area contributed by atoms with Gasteiger partial charge in [-0.3, -0.25) is 9.59 Å². The smallest absolute Gasteiger partial charge is 0.313 e. The largest absolute Gasteiger partial charge is 0.383 e. The van der Waals surface area contributed by atoms with Crippen molar-refractivity contribution in [3.05, 3.63) is 41.6 Å².